The van der Waals surface area contributed by atoms with Crippen molar-refractivity contribution in [3.05, 3.63) is 90.0 Å². The van der Waals surface area contributed by atoms with E-state index in [9.17, 15) is 9.59 Å². The second kappa shape index (κ2) is 9.34. The first-order chi connectivity index (χ1) is 15.1. The van der Waals surface area contributed by atoms with E-state index < -0.39 is 6.10 Å². The number of amides is 2. The third-order valence-corrected chi connectivity index (χ3v) is 5.00. The highest BCUT2D eigenvalue weighted by Crippen LogP contribution is 2.29. The Morgan fingerprint density at radius 3 is 2.52 bits per heavy atom. The van der Waals surface area contributed by atoms with Crippen molar-refractivity contribution in [2.24, 2.45) is 0 Å². The van der Waals surface area contributed by atoms with E-state index in [2.05, 4.69) is 5.32 Å². The molecule has 31 heavy (non-hydrogen) atoms. The lowest BCUT2D eigenvalue weighted by Crippen LogP contribution is -2.37. The predicted octanol–water partition coefficient (Wildman–Crippen LogP) is 4.01. The molecule has 1 aliphatic heterocycles. The molecule has 0 saturated heterocycles. The number of para-hydroxylation sites is 1. The van der Waals surface area contributed by atoms with E-state index in [1.54, 1.807) is 36.1 Å². The summed E-state index contributed by atoms with van der Waals surface area (Å²) < 4.78 is 11.4. The molecule has 1 atom stereocenters. The van der Waals surface area contributed by atoms with Crippen LogP contribution in [0.1, 0.15) is 18.1 Å². The number of hydrogen-bond donors (Lipinski definition) is 1. The molecule has 0 radical (unpaired) electrons. The summed E-state index contributed by atoms with van der Waals surface area (Å²) in [6.07, 6.45) is -0.579. The molecule has 0 spiro atoms. The van der Waals surface area contributed by atoms with E-state index in [-0.39, 0.29) is 18.4 Å². The molecule has 0 fully saturated rings. The number of carbonyl (C=O) groups is 2. The summed E-state index contributed by atoms with van der Waals surface area (Å²) in [4.78, 5) is 26.9. The molecule has 2 amide bonds. The number of anilines is 1. The van der Waals surface area contributed by atoms with Crippen LogP contribution in [0.2, 0.25) is 0 Å². The van der Waals surface area contributed by atoms with Crippen LogP contribution < -0.4 is 14.8 Å². The minimum absolute atomic E-state index is 0.0677. The molecule has 4 rings (SSSR count). The van der Waals surface area contributed by atoms with Crippen LogP contribution in [0.15, 0.2) is 78.9 Å². The van der Waals surface area contributed by atoms with E-state index in [1.165, 1.54) is 0 Å². The largest absolute Gasteiger partial charge is 0.484 e. The number of nitrogens with zero attached hydrogens (tertiary/aromatic N) is 1. The van der Waals surface area contributed by atoms with Gasteiger partial charge in [0.25, 0.3) is 11.8 Å². The second-order valence-electron chi connectivity index (χ2n) is 7.41. The van der Waals surface area contributed by atoms with Crippen molar-refractivity contribution in [3.63, 3.8) is 0 Å². The fraction of sp³-hybridized carbons (Fsp3) is 0.200. The van der Waals surface area contributed by atoms with Gasteiger partial charge in [-0.2, -0.15) is 0 Å². The Bertz CT molecular complexity index is 1050. The minimum Gasteiger partial charge on any atom is -0.484 e. The fourth-order valence-electron chi connectivity index (χ4n) is 3.48. The first-order valence-electron chi connectivity index (χ1n) is 10.2. The standard InChI is InChI=1S/C25H24N2O4/c1-18-25(29)27(15-19-8-4-2-5-9-19)16-20-14-21(12-13-23(20)31-18)26-24(28)17-30-22-10-6-3-7-11-22/h2-14,18H,15-17H2,1H3,(H,26,28). The van der Waals surface area contributed by atoms with Crippen molar-refractivity contribution in [2.75, 3.05) is 11.9 Å². The van der Waals surface area contributed by atoms with Crippen LogP contribution in [-0.2, 0) is 22.7 Å². The van der Waals surface area contributed by atoms with Gasteiger partial charge in [-0.1, -0.05) is 48.5 Å². The Morgan fingerprint density at radius 1 is 1.06 bits per heavy atom. The number of benzene rings is 3. The topological polar surface area (TPSA) is 67.9 Å². The van der Waals surface area contributed by atoms with Gasteiger partial charge in [-0.3, -0.25) is 9.59 Å². The molecule has 1 heterocycles. The van der Waals surface area contributed by atoms with Crippen LogP contribution in [0.25, 0.3) is 0 Å². The summed E-state index contributed by atoms with van der Waals surface area (Å²) in [5.41, 5.74) is 2.52. The maximum Gasteiger partial charge on any atom is 0.263 e. The molecule has 6 nitrogen and oxygen atoms in total. The lowest BCUT2D eigenvalue weighted by molar-refractivity contribution is -0.138. The molecule has 1 N–H and O–H groups in total. The Kier molecular flexibility index (Phi) is 6.17. The molecule has 1 unspecified atom stereocenters. The van der Waals surface area contributed by atoms with E-state index >= 15 is 0 Å². The molecule has 6 heteroatoms. The van der Waals surface area contributed by atoms with Gasteiger partial charge in [0.1, 0.15) is 11.5 Å². The van der Waals surface area contributed by atoms with E-state index in [1.807, 2.05) is 54.6 Å². The summed E-state index contributed by atoms with van der Waals surface area (Å²) in [5.74, 6) is 0.956. The number of hydrogen-bond acceptors (Lipinski definition) is 4. The molecule has 0 aromatic heterocycles. The third kappa shape index (κ3) is 5.22. The van der Waals surface area contributed by atoms with E-state index in [0.717, 1.165) is 11.1 Å². The normalized spacial score (nSPS) is 15.5. The van der Waals surface area contributed by atoms with Crippen LogP contribution in [0.5, 0.6) is 11.5 Å². The zero-order chi connectivity index (χ0) is 21.6. The van der Waals surface area contributed by atoms with Gasteiger partial charge in [-0.25, -0.2) is 0 Å². The Morgan fingerprint density at radius 2 is 1.77 bits per heavy atom. The first kappa shape index (κ1) is 20.5. The van der Waals surface area contributed by atoms with Crippen molar-refractivity contribution < 1.29 is 19.1 Å². The number of nitrogens with one attached hydrogen (secondary N) is 1. The monoisotopic (exact) mass is 416 g/mol. The molecular weight excluding hydrogens is 392 g/mol. The summed E-state index contributed by atoms with van der Waals surface area (Å²) in [6, 6.07) is 24.4. The van der Waals surface area contributed by atoms with Crippen molar-refractivity contribution in [2.45, 2.75) is 26.1 Å². The van der Waals surface area contributed by atoms with Gasteiger partial charge in [0.15, 0.2) is 12.7 Å². The molecule has 0 saturated carbocycles. The number of ether oxygens (including phenoxy) is 2. The summed E-state index contributed by atoms with van der Waals surface area (Å²) in [6.45, 7) is 2.56. The average Bonchev–Trinajstić information content (AvgIpc) is 2.90. The highest BCUT2D eigenvalue weighted by molar-refractivity contribution is 5.92. The van der Waals surface area contributed by atoms with Crippen LogP contribution in [0.4, 0.5) is 5.69 Å². The molecule has 0 bridgehead atoms. The summed E-state index contributed by atoms with van der Waals surface area (Å²) in [7, 11) is 0. The van der Waals surface area contributed by atoms with Crippen LogP contribution in [0, 0.1) is 0 Å². The smallest absolute Gasteiger partial charge is 0.263 e. The zero-order valence-corrected chi connectivity index (χ0v) is 17.3. The first-order valence-corrected chi connectivity index (χ1v) is 10.2. The number of fused-ring (bicyclic) bond motifs is 1. The van der Waals surface area contributed by atoms with Gasteiger partial charge in [0.05, 0.1) is 0 Å². The van der Waals surface area contributed by atoms with Gasteiger partial charge in [-0.05, 0) is 42.8 Å². The lowest BCUT2D eigenvalue weighted by atomic mass is 10.1. The van der Waals surface area contributed by atoms with Crippen LogP contribution in [-0.4, -0.2) is 29.4 Å². The third-order valence-electron chi connectivity index (χ3n) is 5.00. The van der Waals surface area contributed by atoms with Gasteiger partial charge >= 0.3 is 0 Å². The van der Waals surface area contributed by atoms with Gasteiger partial charge in [-0.15, -0.1) is 0 Å². The predicted molar refractivity (Wildman–Crippen MR) is 118 cm³/mol. The lowest BCUT2D eigenvalue weighted by Gasteiger charge is -2.22. The van der Waals surface area contributed by atoms with Crippen LogP contribution in [0.3, 0.4) is 0 Å². The maximum atomic E-state index is 12.8. The number of rotatable bonds is 6. The molecule has 3 aromatic rings. The van der Waals surface area contributed by atoms with Crippen molar-refractivity contribution >= 4 is 17.5 Å². The fourth-order valence-corrected chi connectivity index (χ4v) is 3.48. The summed E-state index contributed by atoms with van der Waals surface area (Å²) >= 11 is 0. The van der Waals surface area contributed by atoms with Crippen molar-refractivity contribution in [1.82, 2.24) is 4.90 Å². The SMILES string of the molecule is CC1Oc2ccc(NC(=O)COc3ccccc3)cc2CN(Cc2ccccc2)C1=O. The Labute approximate surface area is 181 Å². The quantitative estimate of drug-likeness (QED) is 0.659. The average molecular weight is 416 g/mol. The van der Waals surface area contributed by atoms with E-state index in [4.69, 9.17) is 9.47 Å². The van der Waals surface area contributed by atoms with Crippen LogP contribution >= 0.6 is 0 Å². The molecule has 3 aromatic carbocycles. The van der Waals surface area contributed by atoms with Crippen molar-refractivity contribution in [1.29, 1.82) is 0 Å². The Balaban J connectivity index is 1.46. The highest BCUT2D eigenvalue weighted by atomic mass is 16.5. The van der Waals surface area contributed by atoms with Gasteiger partial charge in [0.2, 0.25) is 0 Å². The minimum atomic E-state index is -0.579. The highest BCUT2D eigenvalue weighted by Gasteiger charge is 2.28. The molecule has 0 aliphatic carbocycles. The molecule has 1 aliphatic rings. The number of carbonyl (C=O) groups excluding carboxylic acids is 2. The molecular formula is C25H24N2O4. The Hall–Kier alpha value is -3.80. The second-order valence-corrected chi connectivity index (χ2v) is 7.41. The van der Waals surface area contributed by atoms with E-state index in [0.29, 0.717) is 30.3 Å². The summed E-state index contributed by atoms with van der Waals surface area (Å²) in [5, 5.41) is 2.85. The van der Waals surface area contributed by atoms with Gasteiger partial charge < -0.3 is 19.7 Å². The zero-order valence-electron chi connectivity index (χ0n) is 17.3. The molecule has 158 valence electrons. The maximum absolute atomic E-state index is 12.8. The van der Waals surface area contributed by atoms with Gasteiger partial charge in [0, 0.05) is 24.3 Å². The van der Waals surface area contributed by atoms with Crippen molar-refractivity contribution in [3.8, 4) is 11.5 Å².